The summed E-state index contributed by atoms with van der Waals surface area (Å²) in [5, 5.41) is 6.50. The van der Waals surface area contributed by atoms with Crippen molar-refractivity contribution < 1.29 is 22.6 Å². The van der Waals surface area contributed by atoms with Crippen LogP contribution in [0.25, 0.3) is 0 Å². The molecule has 2 aromatic rings. The first kappa shape index (κ1) is 20.3. The van der Waals surface area contributed by atoms with Crippen molar-refractivity contribution in [2.24, 2.45) is 0 Å². The van der Waals surface area contributed by atoms with Gasteiger partial charge in [-0.2, -0.15) is 13.2 Å². The third-order valence-electron chi connectivity index (χ3n) is 4.45. The summed E-state index contributed by atoms with van der Waals surface area (Å²) in [5.41, 5.74) is 0.301. The fourth-order valence-corrected chi connectivity index (χ4v) is 3.42. The second-order valence-electron chi connectivity index (χ2n) is 7.20. The highest BCUT2D eigenvalue weighted by atomic mass is 32.1. The molecule has 0 bridgehead atoms. The molecule has 0 fully saturated rings. The smallest absolute Gasteiger partial charge is 0.416 e. The molecule has 0 aliphatic carbocycles. The fourth-order valence-electron chi connectivity index (χ4n) is 3.16. The summed E-state index contributed by atoms with van der Waals surface area (Å²) >= 11 is 5.37. The van der Waals surface area contributed by atoms with Crippen LogP contribution in [0.1, 0.15) is 37.4 Å². The van der Waals surface area contributed by atoms with Crippen LogP contribution in [0, 0.1) is 0 Å². The summed E-state index contributed by atoms with van der Waals surface area (Å²) in [6.07, 6.45) is -3.70. The zero-order valence-electron chi connectivity index (χ0n) is 15.7. The molecule has 0 spiro atoms. The van der Waals surface area contributed by atoms with Crippen molar-refractivity contribution in [2.75, 3.05) is 12.4 Å². The molecule has 28 heavy (non-hydrogen) atoms. The van der Waals surface area contributed by atoms with Gasteiger partial charge in [0.15, 0.2) is 5.11 Å². The Morgan fingerprint density at radius 1 is 1.18 bits per heavy atom. The van der Waals surface area contributed by atoms with Crippen molar-refractivity contribution in [1.29, 1.82) is 0 Å². The number of rotatable bonds is 3. The SMILES string of the molecule is COc1ccc2c(c1)OC(C)(C)C[C@H]2NC(=S)Nc1ccc(C(F)(F)F)cc1. The van der Waals surface area contributed by atoms with Gasteiger partial charge in [-0.1, -0.05) is 0 Å². The van der Waals surface area contributed by atoms with Crippen LogP contribution < -0.4 is 20.1 Å². The van der Waals surface area contributed by atoms with E-state index in [4.69, 9.17) is 21.7 Å². The Labute approximate surface area is 167 Å². The van der Waals surface area contributed by atoms with Crippen LogP contribution in [-0.4, -0.2) is 17.8 Å². The largest absolute Gasteiger partial charge is 0.497 e. The Kier molecular flexibility index (Phi) is 5.43. The van der Waals surface area contributed by atoms with Gasteiger partial charge in [0.2, 0.25) is 0 Å². The maximum absolute atomic E-state index is 12.7. The Morgan fingerprint density at radius 3 is 2.46 bits per heavy atom. The van der Waals surface area contributed by atoms with Gasteiger partial charge < -0.3 is 20.1 Å². The quantitative estimate of drug-likeness (QED) is 0.672. The van der Waals surface area contributed by atoms with Gasteiger partial charge in [-0.05, 0) is 62.5 Å². The number of alkyl halides is 3. The van der Waals surface area contributed by atoms with Gasteiger partial charge in [-0.25, -0.2) is 0 Å². The van der Waals surface area contributed by atoms with Crippen LogP contribution in [0.3, 0.4) is 0 Å². The molecular weight excluding hydrogens is 389 g/mol. The second-order valence-corrected chi connectivity index (χ2v) is 7.60. The van der Waals surface area contributed by atoms with E-state index >= 15 is 0 Å². The van der Waals surface area contributed by atoms with E-state index in [-0.39, 0.29) is 6.04 Å². The number of benzene rings is 2. The molecule has 2 aromatic carbocycles. The van der Waals surface area contributed by atoms with Crippen LogP contribution in [0.15, 0.2) is 42.5 Å². The lowest BCUT2D eigenvalue weighted by Gasteiger charge is -2.38. The van der Waals surface area contributed by atoms with Gasteiger partial charge in [0.1, 0.15) is 17.1 Å². The minimum absolute atomic E-state index is 0.112. The highest BCUT2D eigenvalue weighted by Crippen LogP contribution is 2.41. The average Bonchev–Trinajstić information content (AvgIpc) is 2.59. The van der Waals surface area contributed by atoms with Crippen LogP contribution in [-0.2, 0) is 6.18 Å². The van der Waals surface area contributed by atoms with E-state index in [1.807, 2.05) is 32.0 Å². The van der Waals surface area contributed by atoms with Crippen LogP contribution in [0.5, 0.6) is 11.5 Å². The number of methoxy groups -OCH3 is 1. The fraction of sp³-hybridized carbons (Fsp3) is 0.350. The van der Waals surface area contributed by atoms with Crippen LogP contribution in [0.4, 0.5) is 18.9 Å². The van der Waals surface area contributed by atoms with Crippen LogP contribution in [0.2, 0.25) is 0 Å². The third-order valence-corrected chi connectivity index (χ3v) is 4.67. The van der Waals surface area contributed by atoms with E-state index in [0.29, 0.717) is 28.7 Å². The first-order valence-corrected chi connectivity index (χ1v) is 9.10. The number of hydrogen-bond donors (Lipinski definition) is 2. The number of nitrogens with one attached hydrogen (secondary N) is 2. The summed E-state index contributed by atoms with van der Waals surface area (Å²) in [7, 11) is 1.59. The summed E-state index contributed by atoms with van der Waals surface area (Å²) in [6.45, 7) is 3.97. The lowest BCUT2D eigenvalue weighted by Crippen LogP contribution is -2.42. The predicted molar refractivity (Wildman–Crippen MR) is 106 cm³/mol. The molecule has 0 saturated carbocycles. The average molecular weight is 410 g/mol. The molecule has 0 unspecified atom stereocenters. The van der Waals surface area contributed by atoms with Crippen molar-refractivity contribution in [3.63, 3.8) is 0 Å². The number of ether oxygens (including phenoxy) is 2. The molecule has 0 saturated heterocycles. The van der Waals surface area contributed by atoms with Crippen molar-refractivity contribution in [3.05, 3.63) is 53.6 Å². The molecular formula is C20H21F3N2O2S. The zero-order chi connectivity index (χ0) is 20.5. The van der Waals surface area contributed by atoms with E-state index in [1.54, 1.807) is 7.11 Å². The predicted octanol–water partition coefficient (Wildman–Crippen LogP) is 5.30. The van der Waals surface area contributed by atoms with E-state index in [2.05, 4.69) is 10.6 Å². The number of thiocarbonyl (C=S) groups is 1. The van der Waals surface area contributed by atoms with Gasteiger partial charge >= 0.3 is 6.18 Å². The maximum atomic E-state index is 12.7. The highest BCUT2D eigenvalue weighted by molar-refractivity contribution is 7.80. The molecule has 4 nitrogen and oxygen atoms in total. The van der Waals surface area contributed by atoms with Crippen LogP contribution >= 0.6 is 12.2 Å². The van der Waals surface area contributed by atoms with E-state index in [1.165, 1.54) is 12.1 Å². The Hall–Kier alpha value is -2.48. The maximum Gasteiger partial charge on any atom is 0.416 e. The van der Waals surface area contributed by atoms with E-state index in [9.17, 15) is 13.2 Å². The molecule has 2 N–H and O–H groups in total. The topological polar surface area (TPSA) is 42.5 Å². The summed E-state index contributed by atoms with van der Waals surface area (Å²) < 4.78 is 49.3. The third kappa shape index (κ3) is 4.67. The Morgan fingerprint density at radius 2 is 1.86 bits per heavy atom. The van der Waals surface area contributed by atoms with Crippen molar-refractivity contribution in [2.45, 2.75) is 38.1 Å². The number of fused-ring (bicyclic) bond motifs is 1. The van der Waals surface area contributed by atoms with Crippen molar-refractivity contribution in [3.8, 4) is 11.5 Å². The summed E-state index contributed by atoms with van der Waals surface area (Å²) in [5.74, 6) is 1.41. The van der Waals surface area contributed by atoms with Crippen molar-refractivity contribution in [1.82, 2.24) is 5.32 Å². The summed E-state index contributed by atoms with van der Waals surface area (Å²) in [6, 6.07) is 10.2. The molecule has 0 aromatic heterocycles. The molecule has 1 aliphatic rings. The van der Waals surface area contributed by atoms with Gasteiger partial charge in [0.05, 0.1) is 18.7 Å². The first-order chi connectivity index (χ1) is 13.1. The van der Waals surface area contributed by atoms with Gasteiger partial charge in [-0.15, -0.1) is 0 Å². The second kappa shape index (κ2) is 7.50. The molecule has 0 radical (unpaired) electrons. The normalized spacial score (nSPS) is 17.9. The monoisotopic (exact) mass is 410 g/mol. The standard InChI is InChI=1S/C20H21F3N2O2S/c1-19(2)11-16(15-9-8-14(26-3)10-17(15)27-19)25-18(28)24-13-6-4-12(5-7-13)20(21,22)23/h4-10,16H,11H2,1-3H3,(H2,24,25,28)/t16-/m1/s1. The Bertz CT molecular complexity index is 867. The van der Waals surface area contributed by atoms with Gasteiger partial charge in [0, 0.05) is 23.7 Å². The number of hydrogen-bond acceptors (Lipinski definition) is 3. The van der Waals surface area contributed by atoms with Gasteiger partial charge in [0.25, 0.3) is 0 Å². The minimum Gasteiger partial charge on any atom is -0.497 e. The molecule has 8 heteroatoms. The van der Waals surface area contributed by atoms with Crippen molar-refractivity contribution >= 4 is 23.0 Å². The van der Waals surface area contributed by atoms with E-state index in [0.717, 1.165) is 17.7 Å². The molecule has 1 atom stereocenters. The lowest BCUT2D eigenvalue weighted by atomic mass is 9.89. The van der Waals surface area contributed by atoms with E-state index < -0.39 is 17.3 Å². The highest BCUT2D eigenvalue weighted by Gasteiger charge is 2.34. The first-order valence-electron chi connectivity index (χ1n) is 8.69. The molecule has 0 amide bonds. The zero-order valence-corrected chi connectivity index (χ0v) is 16.5. The lowest BCUT2D eigenvalue weighted by molar-refractivity contribution is -0.137. The Balaban J connectivity index is 1.73. The molecule has 3 rings (SSSR count). The summed E-state index contributed by atoms with van der Waals surface area (Å²) in [4.78, 5) is 0. The molecule has 1 aliphatic heterocycles. The molecule has 1 heterocycles. The number of halogens is 3. The molecule has 150 valence electrons. The minimum atomic E-state index is -4.37. The van der Waals surface area contributed by atoms with Gasteiger partial charge in [-0.3, -0.25) is 0 Å². The number of anilines is 1.